The lowest BCUT2D eigenvalue weighted by molar-refractivity contribution is -0.138. The highest BCUT2D eigenvalue weighted by Gasteiger charge is 2.36. The quantitative estimate of drug-likeness (QED) is 0.592. The van der Waals surface area contributed by atoms with Crippen LogP contribution in [0.25, 0.3) is 0 Å². The number of aromatic nitrogens is 4. The number of hydrogen-bond donors (Lipinski definition) is 2. The van der Waals surface area contributed by atoms with Crippen LogP contribution < -0.4 is 15.9 Å². The summed E-state index contributed by atoms with van der Waals surface area (Å²) in [5.41, 5.74) is -1.94. The maximum Gasteiger partial charge on any atom is 0.417 e. The summed E-state index contributed by atoms with van der Waals surface area (Å²) < 4.78 is 39.7. The molecule has 34 heavy (non-hydrogen) atoms. The first-order valence-electron chi connectivity index (χ1n) is 10.1. The van der Waals surface area contributed by atoms with Crippen molar-refractivity contribution in [2.75, 3.05) is 36.4 Å². The number of carbonyl (C=O) groups is 2. The molecule has 0 atom stereocenters. The number of piperazine rings is 1. The average Bonchev–Trinajstić information content (AvgIpc) is 2.83. The number of nitrogens with zero attached hydrogens (tertiary/aromatic N) is 5. The van der Waals surface area contributed by atoms with Gasteiger partial charge in [-0.3, -0.25) is 14.6 Å². The summed E-state index contributed by atoms with van der Waals surface area (Å²) >= 11 is 0. The zero-order valence-corrected chi connectivity index (χ0v) is 17.5. The lowest BCUT2D eigenvalue weighted by atomic mass is 10.1. The van der Waals surface area contributed by atoms with Crippen LogP contribution in [0.2, 0.25) is 0 Å². The maximum atomic E-state index is 13.2. The molecule has 0 radical (unpaired) electrons. The predicted octanol–water partition coefficient (Wildman–Crippen LogP) is 1.79. The van der Waals surface area contributed by atoms with E-state index in [4.69, 9.17) is 0 Å². The van der Waals surface area contributed by atoms with Crippen LogP contribution in [0.3, 0.4) is 0 Å². The SMILES string of the molecule is O=C(Nc1ccnc(=O)[nH]1)c1ccc(N2CCN(C(=O)c3ccccc3C(F)(F)F)CC2)nn1. The molecule has 2 amide bonds. The molecule has 3 heterocycles. The molecule has 176 valence electrons. The van der Waals surface area contributed by atoms with Gasteiger partial charge in [-0.05, 0) is 30.3 Å². The van der Waals surface area contributed by atoms with Gasteiger partial charge in [0.2, 0.25) is 0 Å². The van der Waals surface area contributed by atoms with Crippen LogP contribution in [-0.4, -0.2) is 63.1 Å². The number of benzene rings is 1. The largest absolute Gasteiger partial charge is 0.417 e. The number of halogens is 3. The van der Waals surface area contributed by atoms with Crippen molar-refractivity contribution in [2.24, 2.45) is 0 Å². The second kappa shape index (κ2) is 9.29. The molecule has 1 fully saturated rings. The minimum absolute atomic E-state index is 0.0129. The number of nitrogens with one attached hydrogen (secondary N) is 2. The first-order chi connectivity index (χ1) is 16.2. The Morgan fingerprint density at radius 3 is 2.35 bits per heavy atom. The van der Waals surface area contributed by atoms with Crippen LogP contribution in [0.5, 0.6) is 0 Å². The first kappa shape index (κ1) is 22.9. The Morgan fingerprint density at radius 1 is 0.971 bits per heavy atom. The van der Waals surface area contributed by atoms with Gasteiger partial charge < -0.3 is 15.1 Å². The Kier molecular flexibility index (Phi) is 6.25. The van der Waals surface area contributed by atoms with E-state index in [1.165, 1.54) is 41.4 Å². The van der Waals surface area contributed by atoms with Crippen LogP contribution in [0, 0.1) is 0 Å². The lowest BCUT2D eigenvalue weighted by Crippen LogP contribution is -2.49. The molecule has 1 saturated heterocycles. The number of hydrogen-bond acceptors (Lipinski definition) is 7. The highest BCUT2D eigenvalue weighted by molar-refractivity contribution is 6.02. The molecule has 1 aliphatic heterocycles. The fraction of sp³-hybridized carbons (Fsp3) is 0.238. The number of amides is 2. The lowest BCUT2D eigenvalue weighted by Gasteiger charge is -2.35. The fourth-order valence-electron chi connectivity index (χ4n) is 3.47. The number of alkyl halides is 3. The summed E-state index contributed by atoms with van der Waals surface area (Å²) in [6.45, 7) is 1.06. The van der Waals surface area contributed by atoms with Gasteiger partial charge in [-0.1, -0.05) is 12.1 Å². The summed E-state index contributed by atoms with van der Waals surface area (Å²) in [6, 6.07) is 9.16. The molecule has 1 aromatic carbocycles. The van der Waals surface area contributed by atoms with Crippen molar-refractivity contribution < 1.29 is 22.8 Å². The molecule has 2 N–H and O–H groups in total. The van der Waals surface area contributed by atoms with E-state index < -0.39 is 29.2 Å². The van der Waals surface area contributed by atoms with Crippen molar-refractivity contribution in [3.05, 3.63) is 76.0 Å². The molecular formula is C21H18F3N7O3. The Balaban J connectivity index is 1.38. The van der Waals surface area contributed by atoms with Gasteiger partial charge >= 0.3 is 11.9 Å². The molecule has 3 aromatic rings. The normalized spacial score (nSPS) is 14.1. The molecular weight excluding hydrogens is 455 g/mol. The third kappa shape index (κ3) is 5.03. The van der Waals surface area contributed by atoms with E-state index in [2.05, 4.69) is 25.5 Å². The molecule has 13 heteroatoms. The first-order valence-corrected chi connectivity index (χ1v) is 10.1. The highest BCUT2D eigenvalue weighted by atomic mass is 19.4. The summed E-state index contributed by atoms with van der Waals surface area (Å²) in [6.07, 6.45) is -3.38. The maximum absolute atomic E-state index is 13.2. The van der Waals surface area contributed by atoms with Gasteiger partial charge in [0.1, 0.15) is 5.82 Å². The van der Waals surface area contributed by atoms with Gasteiger partial charge in [-0.15, -0.1) is 10.2 Å². The second-order valence-corrected chi connectivity index (χ2v) is 7.34. The van der Waals surface area contributed by atoms with E-state index in [1.807, 2.05) is 4.90 Å². The third-order valence-electron chi connectivity index (χ3n) is 5.16. The van der Waals surface area contributed by atoms with Crippen molar-refractivity contribution >= 4 is 23.5 Å². The van der Waals surface area contributed by atoms with Gasteiger partial charge in [-0.25, -0.2) is 9.78 Å². The van der Waals surface area contributed by atoms with E-state index in [9.17, 15) is 27.6 Å². The highest BCUT2D eigenvalue weighted by Crippen LogP contribution is 2.32. The minimum atomic E-state index is -4.62. The van der Waals surface area contributed by atoms with Crippen molar-refractivity contribution in [1.82, 2.24) is 25.1 Å². The fourth-order valence-corrected chi connectivity index (χ4v) is 3.47. The second-order valence-electron chi connectivity index (χ2n) is 7.34. The molecule has 0 bridgehead atoms. The minimum Gasteiger partial charge on any atom is -0.352 e. The molecule has 0 unspecified atom stereocenters. The summed E-state index contributed by atoms with van der Waals surface area (Å²) in [7, 11) is 0. The Bertz CT molecular complexity index is 1250. The zero-order valence-electron chi connectivity index (χ0n) is 17.5. The van der Waals surface area contributed by atoms with Crippen LogP contribution in [0.4, 0.5) is 24.8 Å². The number of anilines is 2. The smallest absolute Gasteiger partial charge is 0.352 e. The molecule has 0 spiro atoms. The van der Waals surface area contributed by atoms with Gasteiger partial charge in [0.05, 0.1) is 11.1 Å². The average molecular weight is 473 g/mol. The summed E-state index contributed by atoms with van der Waals surface area (Å²) in [5.74, 6) is -0.653. The molecule has 0 saturated carbocycles. The van der Waals surface area contributed by atoms with Crippen LogP contribution in [0.15, 0.2) is 53.5 Å². The van der Waals surface area contributed by atoms with Gasteiger partial charge in [0.25, 0.3) is 11.8 Å². The van der Waals surface area contributed by atoms with E-state index in [-0.39, 0.29) is 30.2 Å². The van der Waals surface area contributed by atoms with Crippen molar-refractivity contribution in [2.45, 2.75) is 6.18 Å². The standard InChI is InChI=1S/C21H18F3N7O3/c22-21(23,24)14-4-2-1-3-13(14)19(33)31-11-9-30(10-12-31)17-6-5-15(28-29-17)18(32)26-16-7-8-25-20(34)27-16/h1-8H,9-12H2,(H2,25,26,27,32,34). The number of carbonyl (C=O) groups excluding carboxylic acids is 2. The number of rotatable bonds is 4. The summed E-state index contributed by atoms with van der Waals surface area (Å²) in [4.78, 5) is 45.2. The zero-order chi connectivity index (χ0) is 24.3. The van der Waals surface area contributed by atoms with E-state index in [0.29, 0.717) is 18.9 Å². The van der Waals surface area contributed by atoms with Gasteiger partial charge in [0.15, 0.2) is 11.5 Å². The molecule has 4 rings (SSSR count). The predicted molar refractivity (Wildman–Crippen MR) is 114 cm³/mol. The summed E-state index contributed by atoms with van der Waals surface area (Å²) in [5, 5.41) is 10.4. The van der Waals surface area contributed by atoms with Crippen molar-refractivity contribution in [1.29, 1.82) is 0 Å². The topological polar surface area (TPSA) is 124 Å². The van der Waals surface area contributed by atoms with Crippen LogP contribution >= 0.6 is 0 Å². The number of aromatic amines is 1. The Hall–Kier alpha value is -4.29. The Morgan fingerprint density at radius 2 is 1.71 bits per heavy atom. The number of H-pyrrole nitrogens is 1. The van der Waals surface area contributed by atoms with Crippen LogP contribution in [-0.2, 0) is 6.18 Å². The van der Waals surface area contributed by atoms with E-state index in [0.717, 1.165) is 6.07 Å². The molecule has 1 aliphatic rings. The van der Waals surface area contributed by atoms with E-state index in [1.54, 1.807) is 6.07 Å². The Labute approximate surface area is 190 Å². The van der Waals surface area contributed by atoms with Crippen LogP contribution in [0.1, 0.15) is 26.4 Å². The molecule has 10 nitrogen and oxygen atoms in total. The van der Waals surface area contributed by atoms with Crippen molar-refractivity contribution in [3.8, 4) is 0 Å². The monoisotopic (exact) mass is 473 g/mol. The molecule has 2 aromatic heterocycles. The third-order valence-corrected chi connectivity index (χ3v) is 5.16. The van der Waals surface area contributed by atoms with Gasteiger partial charge in [-0.2, -0.15) is 13.2 Å². The van der Waals surface area contributed by atoms with Gasteiger partial charge in [0, 0.05) is 32.4 Å². The van der Waals surface area contributed by atoms with Crippen molar-refractivity contribution in [3.63, 3.8) is 0 Å². The molecule has 0 aliphatic carbocycles. The van der Waals surface area contributed by atoms with E-state index >= 15 is 0 Å².